The summed E-state index contributed by atoms with van der Waals surface area (Å²) >= 11 is 1.87. The maximum atomic E-state index is 15.3. The normalized spacial score (nSPS) is 11.5. The summed E-state index contributed by atoms with van der Waals surface area (Å²) in [5.41, 5.74) is 0.0604. The van der Waals surface area contributed by atoms with Crippen molar-refractivity contribution in [2.75, 3.05) is 17.1 Å². The molecule has 0 aliphatic rings. The molecule has 15 heteroatoms. The molecule has 1 amide bonds. The van der Waals surface area contributed by atoms with Gasteiger partial charge in [0.1, 0.15) is 5.82 Å². The standard InChI is InChI=1S/C23H22F4IN5O4S/c1-11(2)37-32-23(34)15-9-13(8-12-6-7-30-22(19(12)26)33-38(35,36)29-3)18(25)20(27)21(15)31-17-5-4-14(28)10-16(17)24/h4-7,9-11,29,31H,8H2,1-3H3,(H,30,33)(H,32,34). The molecule has 9 nitrogen and oxygen atoms in total. The first-order valence-corrected chi connectivity index (χ1v) is 13.4. The number of hydroxylamine groups is 1. The van der Waals surface area contributed by atoms with Crippen molar-refractivity contribution < 1.29 is 35.6 Å². The number of nitrogens with one attached hydrogen (secondary N) is 4. The van der Waals surface area contributed by atoms with Gasteiger partial charge in [0.2, 0.25) is 0 Å². The first-order valence-electron chi connectivity index (χ1n) is 10.9. The second kappa shape index (κ2) is 12.2. The van der Waals surface area contributed by atoms with Crippen LogP contribution in [-0.4, -0.2) is 32.5 Å². The van der Waals surface area contributed by atoms with Gasteiger partial charge in [-0.3, -0.25) is 14.4 Å². The van der Waals surface area contributed by atoms with Crippen molar-refractivity contribution in [3.8, 4) is 0 Å². The van der Waals surface area contributed by atoms with Gasteiger partial charge in [0.15, 0.2) is 23.3 Å². The lowest BCUT2D eigenvalue weighted by Crippen LogP contribution is -2.28. The van der Waals surface area contributed by atoms with Crippen molar-refractivity contribution in [1.82, 2.24) is 15.2 Å². The minimum atomic E-state index is -4.12. The van der Waals surface area contributed by atoms with E-state index in [9.17, 15) is 22.0 Å². The highest BCUT2D eigenvalue weighted by atomic mass is 127. The zero-order chi connectivity index (χ0) is 28.2. The predicted molar refractivity (Wildman–Crippen MR) is 141 cm³/mol. The summed E-state index contributed by atoms with van der Waals surface area (Å²) in [6, 6.07) is 6.05. The van der Waals surface area contributed by atoms with Crippen LogP contribution in [0.1, 0.15) is 35.3 Å². The van der Waals surface area contributed by atoms with E-state index in [0.717, 1.165) is 31.4 Å². The van der Waals surface area contributed by atoms with Gasteiger partial charge in [-0.05, 0) is 77.9 Å². The Morgan fingerprint density at radius 3 is 2.39 bits per heavy atom. The Morgan fingerprint density at radius 1 is 1.05 bits per heavy atom. The van der Waals surface area contributed by atoms with Gasteiger partial charge in [-0.1, -0.05) is 0 Å². The largest absolute Gasteiger partial charge is 0.350 e. The van der Waals surface area contributed by atoms with Gasteiger partial charge in [-0.25, -0.2) is 32.7 Å². The lowest BCUT2D eigenvalue weighted by atomic mass is 10.00. The molecule has 0 aliphatic carbocycles. The summed E-state index contributed by atoms with van der Waals surface area (Å²) in [5, 5.41) is 2.41. The summed E-state index contributed by atoms with van der Waals surface area (Å²) in [7, 11) is -3.02. The number of aromatic nitrogens is 1. The van der Waals surface area contributed by atoms with E-state index in [1.807, 2.05) is 32.0 Å². The Kier molecular flexibility index (Phi) is 9.50. The van der Waals surface area contributed by atoms with Crippen LogP contribution in [0.5, 0.6) is 0 Å². The number of anilines is 3. The fourth-order valence-corrected chi connectivity index (χ4v) is 4.09. The molecule has 3 rings (SSSR count). The highest BCUT2D eigenvalue weighted by Crippen LogP contribution is 2.32. The van der Waals surface area contributed by atoms with Crippen molar-refractivity contribution in [1.29, 1.82) is 0 Å². The van der Waals surface area contributed by atoms with Gasteiger partial charge in [0.05, 0.1) is 23.0 Å². The number of nitrogens with zero attached hydrogens (tertiary/aromatic N) is 1. The second-order valence-corrected chi connectivity index (χ2v) is 10.9. The zero-order valence-corrected chi connectivity index (χ0v) is 23.1. The molecule has 0 fully saturated rings. The quantitative estimate of drug-likeness (QED) is 0.143. The van der Waals surface area contributed by atoms with E-state index in [1.54, 1.807) is 13.8 Å². The van der Waals surface area contributed by atoms with Crippen LogP contribution in [0.15, 0.2) is 36.5 Å². The fraction of sp³-hybridized carbons (Fsp3) is 0.217. The van der Waals surface area contributed by atoms with Gasteiger partial charge in [0.25, 0.3) is 16.1 Å². The number of hydrogen-bond donors (Lipinski definition) is 4. The molecule has 38 heavy (non-hydrogen) atoms. The molecule has 0 bridgehead atoms. The third kappa shape index (κ3) is 7.09. The molecule has 4 N–H and O–H groups in total. The van der Waals surface area contributed by atoms with E-state index < -0.39 is 74.5 Å². The Morgan fingerprint density at radius 2 is 1.76 bits per heavy atom. The average Bonchev–Trinajstić information content (AvgIpc) is 2.85. The van der Waals surface area contributed by atoms with Crippen LogP contribution in [0.25, 0.3) is 0 Å². The smallest absolute Gasteiger partial charge is 0.300 e. The van der Waals surface area contributed by atoms with E-state index in [2.05, 4.69) is 15.8 Å². The molecule has 0 saturated carbocycles. The maximum Gasteiger partial charge on any atom is 0.300 e. The van der Waals surface area contributed by atoms with Gasteiger partial charge in [-0.15, -0.1) is 0 Å². The molecule has 0 spiro atoms. The molecule has 0 radical (unpaired) electrons. The molecule has 0 unspecified atom stereocenters. The van der Waals surface area contributed by atoms with Gasteiger partial charge in [0, 0.05) is 23.2 Å². The molecular weight excluding hydrogens is 645 g/mol. The van der Waals surface area contributed by atoms with Crippen LogP contribution < -0.4 is 20.2 Å². The van der Waals surface area contributed by atoms with Crippen molar-refractivity contribution in [3.05, 3.63) is 80.1 Å². The number of amides is 1. The summed E-state index contributed by atoms with van der Waals surface area (Å²) in [6.07, 6.45) is 0.0220. The molecule has 0 saturated heterocycles. The Hall–Kier alpha value is -3.02. The third-order valence-corrected chi connectivity index (χ3v) is 6.63. The molecule has 1 heterocycles. The van der Waals surface area contributed by atoms with Crippen LogP contribution >= 0.6 is 22.6 Å². The SMILES string of the molecule is CNS(=O)(=O)Nc1nccc(Cc2cc(C(=O)NOC(C)C)c(Nc3ccc(I)cc3F)c(F)c2F)c1F. The molecule has 0 atom stereocenters. The van der Waals surface area contributed by atoms with Gasteiger partial charge in [-0.2, -0.15) is 8.42 Å². The summed E-state index contributed by atoms with van der Waals surface area (Å²) in [6.45, 7) is 3.23. The van der Waals surface area contributed by atoms with Crippen molar-refractivity contribution >= 4 is 55.9 Å². The molecule has 2 aromatic carbocycles. The van der Waals surface area contributed by atoms with E-state index in [0.29, 0.717) is 3.57 Å². The fourth-order valence-electron chi connectivity index (χ4n) is 3.14. The summed E-state index contributed by atoms with van der Waals surface area (Å²) in [5.74, 6) is -6.53. The van der Waals surface area contributed by atoms with Gasteiger partial charge < -0.3 is 5.32 Å². The molecule has 1 aromatic heterocycles. The van der Waals surface area contributed by atoms with Crippen molar-refractivity contribution in [2.24, 2.45) is 0 Å². The number of rotatable bonds is 10. The highest BCUT2D eigenvalue weighted by Gasteiger charge is 2.25. The van der Waals surface area contributed by atoms with Crippen LogP contribution in [0, 0.1) is 26.8 Å². The van der Waals surface area contributed by atoms with E-state index in [1.165, 1.54) is 12.1 Å². The molecular formula is C23H22F4IN5O4S. The topological polar surface area (TPSA) is 121 Å². The van der Waals surface area contributed by atoms with Crippen LogP contribution in [-0.2, 0) is 21.5 Å². The van der Waals surface area contributed by atoms with Crippen LogP contribution in [0.4, 0.5) is 34.8 Å². The number of halogens is 5. The number of carbonyl (C=O) groups excluding carboxylic acids is 1. The second-order valence-electron chi connectivity index (χ2n) is 8.05. The molecule has 0 aliphatic heterocycles. The highest BCUT2D eigenvalue weighted by molar-refractivity contribution is 14.1. The Labute approximate surface area is 229 Å². The molecule has 3 aromatic rings. The van der Waals surface area contributed by atoms with Gasteiger partial charge >= 0.3 is 0 Å². The average molecular weight is 667 g/mol. The number of benzene rings is 2. The minimum absolute atomic E-state index is 0.225. The first-order chi connectivity index (χ1) is 17.8. The number of hydrogen-bond acceptors (Lipinski definition) is 6. The van der Waals surface area contributed by atoms with Crippen LogP contribution in [0.2, 0.25) is 0 Å². The zero-order valence-electron chi connectivity index (χ0n) is 20.1. The van der Waals surface area contributed by atoms with Crippen molar-refractivity contribution in [3.63, 3.8) is 0 Å². The van der Waals surface area contributed by atoms with E-state index >= 15 is 8.78 Å². The first kappa shape index (κ1) is 29.5. The Bertz CT molecular complexity index is 1470. The Balaban J connectivity index is 2.08. The maximum absolute atomic E-state index is 15.3. The van der Waals surface area contributed by atoms with E-state index in [4.69, 9.17) is 4.84 Å². The van der Waals surface area contributed by atoms with Crippen molar-refractivity contribution in [2.45, 2.75) is 26.4 Å². The summed E-state index contributed by atoms with van der Waals surface area (Å²) in [4.78, 5) is 21.5. The van der Waals surface area contributed by atoms with Crippen LogP contribution in [0.3, 0.4) is 0 Å². The van der Waals surface area contributed by atoms with E-state index in [-0.39, 0.29) is 11.3 Å². The summed E-state index contributed by atoms with van der Waals surface area (Å²) < 4.78 is 87.7. The third-order valence-electron chi connectivity index (χ3n) is 4.95. The number of carbonyl (C=O) groups is 1. The molecule has 204 valence electrons. The lowest BCUT2D eigenvalue weighted by Gasteiger charge is -2.17. The minimum Gasteiger partial charge on any atom is -0.350 e. The number of pyridine rings is 1. The monoisotopic (exact) mass is 667 g/mol. The predicted octanol–water partition coefficient (Wildman–Crippen LogP) is 4.52. The lowest BCUT2D eigenvalue weighted by molar-refractivity contribution is 0.000216.